The van der Waals surface area contributed by atoms with Gasteiger partial charge in [0.1, 0.15) is 0 Å². The Morgan fingerprint density at radius 3 is 2.55 bits per heavy atom. The van der Waals surface area contributed by atoms with Crippen LogP contribution in [0.25, 0.3) is 0 Å². The Morgan fingerprint density at radius 1 is 1.35 bits per heavy atom. The van der Waals surface area contributed by atoms with Crippen LogP contribution in [0.4, 0.5) is 0 Å². The van der Waals surface area contributed by atoms with Crippen LogP contribution < -0.4 is 5.73 Å². The lowest BCUT2D eigenvalue weighted by atomic mass is 10.1. The fourth-order valence-electron chi connectivity index (χ4n) is 1.87. The van der Waals surface area contributed by atoms with Gasteiger partial charge in [0.15, 0.2) is 0 Å². The molecule has 0 aliphatic rings. The van der Waals surface area contributed by atoms with E-state index < -0.39 is 13.2 Å². The van der Waals surface area contributed by atoms with E-state index >= 15 is 0 Å². The summed E-state index contributed by atoms with van der Waals surface area (Å²) in [5, 5.41) is 0. The minimum absolute atomic E-state index is 0.0570. The number of hydrogen-bond acceptors (Lipinski definition) is 5. The van der Waals surface area contributed by atoms with E-state index in [1.807, 2.05) is 30.3 Å². The quantitative estimate of drug-likeness (QED) is 0.589. The third kappa shape index (κ3) is 5.08. The summed E-state index contributed by atoms with van der Waals surface area (Å²) in [6.45, 7) is 2.04. The van der Waals surface area contributed by atoms with Gasteiger partial charge in [0.05, 0.1) is 18.8 Å². The first kappa shape index (κ1) is 16.9. The average Bonchev–Trinajstić information content (AvgIpc) is 2.46. The highest BCUT2D eigenvalue weighted by atomic mass is 31.2. The van der Waals surface area contributed by atoms with Crippen LogP contribution in [0.1, 0.15) is 18.9 Å². The zero-order valence-corrected chi connectivity index (χ0v) is 12.8. The monoisotopic (exact) mass is 299 g/mol. The van der Waals surface area contributed by atoms with Crippen LogP contribution in [0, 0.1) is 0 Å². The van der Waals surface area contributed by atoms with E-state index in [4.69, 9.17) is 15.0 Å². The van der Waals surface area contributed by atoms with Gasteiger partial charge in [0.25, 0.3) is 0 Å². The van der Waals surface area contributed by atoms with Crippen molar-refractivity contribution in [3.05, 3.63) is 35.9 Å². The first-order chi connectivity index (χ1) is 9.51. The smallest absolute Gasteiger partial charge is 0.306 e. The van der Waals surface area contributed by atoms with Crippen molar-refractivity contribution in [2.45, 2.75) is 25.5 Å². The Bertz CT molecular complexity index is 464. The molecule has 0 spiro atoms. The lowest BCUT2D eigenvalue weighted by molar-refractivity contribution is -0.142. The maximum Gasteiger partial charge on any atom is 0.306 e. The van der Waals surface area contributed by atoms with Crippen molar-refractivity contribution >= 4 is 13.3 Å². The first-order valence-corrected chi connectivity index (χ1v) is 8.49. The Labute approximate surface area is 119 Å². The molecule has 112 valence electrons. The van der Waals surface area contributed by atoms with Gasteiger partial charge in [-0.2, -0.15) is 0 Å². The Hall–Kier alpha value is -1.16. The van der Waals surface area contributed by atoms with Crippen molar-refractivity contribution in [2.75, 3.05) is 19.9 Å². The number of hydrogen-bond donors (Lipinski definition) is 1. The molecule has 5 nitrogen and oxygen atoms in total. The number of carbonyl (C=O) groups is 1. The van der Waals surface area contributed by atoms with E-state index in [1.54, 1.807) is 6.92 Å². The zero-order chi connectivity index (χ0) is 15.0. The number of benzene rings is 1. The summed E-state index contributed by atoms with van der Waals surface area (Å²) in [7, 11) is -1.69. The lowest BCUT2D eigenvalue weighted by Gasteiger charge is -2.22. The molecule has 0 aliphatic carbocycles. The zero-order valence-electron chi connectivity index (χ0n) is 12.0. The highest BCUT2D eigenvalue weighted by Gasteiger charge is 2.31. The molecule has 0 aromatic heterocycles. The lowest BCUT2D eigenvalue weighted by Crippen LogP contribution is -2.26. The molecule has 0 saturated heterocycles. The molecule has 0 saturated carbocycles. The largest absolute Gasteiger partial charge is 0.466 e. The second-order valence-corrected chi connectivity index (χ2v) is 7.37. The van der Waals surface area contributed by atoms with E-state index in [0.717, 1.165) is 5.56 Å². The molecule has 6 heteroatoms. The van der Waals surface area contributed by atoms with E-state index in [2.05, 4.69) is 0 Å². The van der Waals surface area contributed by atoms with Gasteiger partial charge in [-0.05, 0) is 18.9 Å². The van der Waals surface area contributed by atoms with E-state index in [9.17, 15) is 9.36 Å². The molecule has 0 fully saturated rings. The van der Waals surface area contributed by atoms with Crippen LogP contribution in [0.5, 0.6) is 0 Å². The molecule has 0 heterocycles. The van der Waals surface area contributed by atoms with Crippen LogP contribution >= 0.6 is 7.37 Å². The van der Waals surface area contributed by atoms with Crippen LogP contribution in [-0.2, 0) is 25.0 Å². The van der Waals surface area contributed by atoms with Gasteiger partial charge in [0, 0.05) is 13.3 Å². The molecule has 1 aromatic carbocycles. The number of esters is 1. The Balaban J connectivity index is 2.62. The molecule has 0 bridgehead atoms. The summed E-state index contributed by atoms with van der Waals surface area (Å²) in [5.41, 5.74) is 7.01. The minimum Gasteiger partial charge on any atom is -0.466 e. The summed E-state index contributed by atoms with van der Waals surface area (Å²) in [5.74, 6) is -0.999. The molecule has 0 radical (unpaired) electrons. The molecule has 1 rings (SSSR count). The van der Waals surface area contributed by atoms with Crippen LogP contribution in [0.15, 0.2) is 30.3 Å². The average molecular weight is 299 g/mol. The molecule has 1 aromatic rings. The van der Waals surface area contributed by atoms with Gasteiger partial charge in [0.2, 0.25) is 7.37 Å². The maximum atomic E-state index is 12.6. The predicted octanol–water partition coefficient (Wildman–Crippen LogP) is 2.39. The molecule has 2 N–H and O–H groups in total. The topological polar surface area (TPSA) is 78.6 Å². The van der Waals surface area contributed by atoms with Gasteiger partial charge in [-0.25, -0.2) is 0 Å². The van der Waals surface area contributed by atoms with Crippen molar-refractivity contribution in [3.8, 4) is 0 Å². The van der Waals surface area contributed by atoms with Crippen molar-refractivity contribution in [1.82, 2.24) is 0 Å². The molecule has 0 aliphatic heterocycles. The second-order valence-electron chi connectivity index (χ2n) is 4.44. The second kappa shape index (κ2) is 8.20. The Kier molecular flexibility index (Phi) is 6.93. The standard InChI is InChI=1S/C14H22NO4P/c1-3-19-14(16)9-10-20(17,18-2)13(15)11-12-7-5-4-6-8-12/h4-8,13H,3,9-11,15H2,1-2H3. The van der Waals surface area contributed by atoms with Crippen LogP contribution in [0.3, 0.4) is 0 Å². The first-order valence-electron chi connectivity index (χ1n) is 6.61. The summed E-state index contributed by atoms with van der Waals surface area (Å²) >= 11 is 0. The third-order valence-corrected chi connectivity index (χ3v) is 5.69. The SMILES string of the molecule is CCOC(=O)CCP(=O)(OC)C(N)Cc1ccccc1. The van der Waals surface area contributed by atoms with Gasteiger partial charge < -0.3 is 15.0 Å². The van der Waals surface area contributed by atoms with E-state index in [1.165, 1.54) is 7.11 Å². The van der Waals surface area contributed by atoms with E-state index in [0.29, 0.717) is 13.0 Å². The molecular weight excluding hydrogens is 277 g/mol. The van der Waals surface area contributed by atoms with Crippen LogP contribution in [0.2, 0.25) is 0 Å². The van der Waals surface area contributed by atoms with E-state index in [-0.39, 0.29) is 18.6 Å². The third-order valence-electron chi connectivity index (χ3n) is 3.03. The molecule has 20 heavy (non-hydrogen) atoms. The Morgan fingerprint density at radius 2 is 2.00 bits per heavy atom. The maximum absolute atomic E-state index is 12.6. The normalized spacial score (nSPS) is 15.3. The van der Waals surface area contributed by atoms with Crippen molar-refractivity contribution in [3.63, 3.8) is 0 Å². The fourth-order valence-corrected chi connectivity index (χ4v) is 3.64. The van der Waals surface area contributed by atoms with Crippen molar-refractivity contribution in [1.29, 1.82) is 0 Å². The van der Waals surface area contributed by atoms with Gasteiger partial charge >= 0.3 is 5.97 Å². The molecule has 2 atom stereocenters. The summed E-state index contributed by atoms with van der Waals surface area (Å²) < 4.78 is 22.6. The van der Waals surface area contributed by atoms with Gasteiger partial charge in [-0.3, -0.25) is 9.36 Å². The molecule has 2 unspecified atom stereocenters. The number of nitrogens with two attached hydrogens (primary N) is 1. The predicted molar refractivity (Wildman–Crippen MR) is 78.9 cm³/mol. The van der Waals surface area contributed by atoms with Gasteiger partial charge in [-0.1, -0.05) is 30.3 Å². The summed E-state index contributed by atoms with van der Waals surface area (Å²) in [4.78, 5) is 11.3. The molecular formula is C14H22NO4P. The number of rotatable bonds is 8. The highest BCUT2D eigenvalue weighted by Crippen LogP contribution is 2.50. The van der Waals surface area contributed by atoms with Crippen molar-refractivity contribution < 1.29 is 18.6 Å². The summed E-state index contributed by atoms with van der Waals surface area (Å²) in [6.07, 6.45) is 0.618. The fraction of sp³-hybridized carbons (Fsp3) is 0.500. The summed E-state index contributed by atoms with van der Waals surface area (Å²) in [6, 6.07) is 9.55. The number of carbonyl (C=O) groups excluding carboxylic acids is 1. The number of ether oxygens (including phenoxy) is 1. The van der Waals surface area contributed by atoms with Crippen LogP contribution in [-0.4, -0.2) is 31.6 Å². The minimum atomic E-state index is -3.06. The highest BCUT2D eigenvalue weighted by molar-refractivity contribution is 7.59. The van der Waals surface area contributed by atoms with Crippen molar-refractivity contribution in [2.24, 2.45) is 5.73 Å². The van der Waals surface area contributed by atoms with Gasteiger partial charge in [-0.15, -0.1) is 0 Å². The molecule has 0 amide bonds.